The molecule has 8 heteroatoms. The Morgan fingerprint density at radius 3 is 2.18 bits per heavy atom. The second-order valence-corrected chi connectivity index (χ2v) is 9.57. The average Bonchev–Trinajstić information content (AvgIpc) is 2.92. The molecule has 0 amide bonds. The standard InChI is InChI=1S/C31H34F3NO4/c1-3-5-17-35(4-2)18-6-19-38-25-14-9-22(10-15-25)30-28(21-7-11-23(36)12-8-21)29(31(32,33)34)26-16-13-24(37)20-27(26)39-30/h7-16,20,30,36-37H,3-6,17-19H2,1-2H3. The topological polar surface area (TPSA) is 62.2 Å². The number of hydrogen-bond acceptors (Lipinski definition) is 5. The van der Waals surface area contributed by atoms with Crippen molar-refractivity contribution in [3.05, 3.63) is 83.4 Å². The maximum Gasteiger partial charge on any atom is 0.417 e. The molecular weight excluding hydrogens is 507 g/mol. The SMILES string of the molecule is CCCCN(CC)CCCOc1ccc(C2Oc3cc(O)ccc3C(C(F)(F)F)=C2c2ccc(O)cc2)cc1. The van der Waals surface area contributed by atoms with Crippen LogP contribution in [-0.4, -0.2) is 47.5 Å². The Kier molecular flexibility index (Phi) is 9.07. The van der Waals surface area contributed by atoms with E-state index in [0.29, 0.717) is 17.9 Å². The lowest BCUT2D eigenvalue weighted by molar-refractivity contribution is -0.0695. The van der Waals surface area contributed by atoms with Crippen molar-refractivity contribution in [2.24, 2.45) is 0 Å². The van der Waals surface area contributed by atoms with Gasteiger partial charge < -0.3 is 24.6 Å². The van der Waals surface area contributed by atoms with Gasteiger partial charge in [-0.25, -0.2) is 0 Å². The number of allylic oxidation sites excluding steroid dienone is 1. The second-order valence-electron chi connectivity index (χ2n) is 9.57. The molecule has 1 aliphatic heterocycles. The highest BCUT2D eigenvalue weighted by molar-refractivity contribution is 5.98. The van der Waals surface area contributed by atoms with E-state index >= 15 is 0 Å². The first kappa shape index (κ1) is 28.4. The van der Waals surface area contributed by atoms with Crippen LogP contribution in [0.1, 0.15) is 55.9 Å². The molecule has 0 spiro atoms. The van der Waals surface area contributed by atoms with Gasteiger partial charge in [-0.3, -0.25) is 0 Å². The molecule has 0 aromatic heterocycles. The average molecular weight is 542 g/mol. The number of hydrogen-bond donors (Lipinski definition) is 2. The normalized spacial score (nSPS) is 15.3. The van der Waals surface area contributed by atoms with Gasteiger partial charge in [-0.05, 0) is 73.5 Å². The summed E-state index contributed by atoms with van der Waals surface area (Å²) in [6.45, 7) is 7.86. The van der Waals surface area contributed by atoms with Gasteiger partial charge in [0, 0.05) is 23.7 Å². The van der Waals surface area contributed by atoms with Crippen LogP contribution in [-0.2, 0) is 0 Å². The molecule has 39 heavy (non-hydrogen) atoms. The molecule has 208 valence electrons. The fraction of sp³-hybridized carbons (Fsp3) is 0.355. The summed E-state index contributed by atoms with van der Waals surface area (Å²) in [5.41, 5.74) is -0.297. The number of benzene rings is 3. The molecule has 0 radical (unpaired) electrons. The first-order chi connectivity index (χ1) is 18.7. The van der Waals surface area contributed by atoms with Crippen LogP contribution in [0.3, 0.4) is 0 Å². The number of halogens is 3. The summed E-state index contributed by atoms with van der Waals surface area (Å²) in [6, 6.07) is 16.0. The molecule has 1 unspecified atom stereocenters. The van der Waals surface area contributed by atoms with Crippen molar-refractivity contribution < 1.29 is 32.9 Å². The fourth-order valence-electron chi connectivity index (χ4n) is 4.78. The molecule has 0 bridgehead atoms. The number of unbranched alkanes of at least 4 members (excludes halogenated alkanes) is 1. The molecule has 5 nitrogen and oxygen atoms in total. The minimum atomic E-state index is -4.70. The Balaban J connectivity index is 1.61. The van der Waals surface area contributed by atoms with Crippen molar-refractivity contribution in [1.29, 1.82) is 0 Å². The van der Waals surface area contributed by atoms with Crippen molar-refractivity contribution in [3.63, 3.8) is 0 Å². The molecule has 3 aromatic carbocycles. The van der Waals surface area contributed by atoms with E-state index in [9.17, 15) is 23.4 Å². The summed E-state index contributed by atoms with van der Waals surface area (Å²) in [4.78, 5) is 2.39. The smallest absolute Gasteiger partial charge is 0.417 e. The molecular formula is C31H34F3NO4. The van der Waals surface area contributed by atoms with Gasteiger partial charge in [0.05, 0.1) is 12.2 Å². The molecule has 0 aliphatic carbocycles. The Bertz CT molecular complexity index is 1270. The predicted molar refractivity (Wildman–Crippen MR) is 146 cm³/mol. The van der Waals surface area contributed by atoms with E-state index in [1.807, 2.05) is 0 Å². The van der Waals surface area contributed by atoms with Gasteiger partial charge in [0.15, 0.2) is 6.10 Å². The highest BCUT2D eigenvalue weighted by Crippen LogP contribution is 2.53. The van der Waals surface area contributed by atoms with Crippen molar-refractivity contribution in [3.8, 4) is 23.0 Å². The monoisotopic (exact) mass is 541 g/mol. The van der Waals surface area contributed by atoms with E-state index in [1.165, 1.54) is 48.9 Å². The largest absolute Gasteiger partial charge is 0.508 e. The van der Waals surface area contributed by atoms with Crippen LogP contribution in [0.5, 0.6) is 23.0 Å². The van der Waals surface area contributed by atoms with E-state index in [1.54, 1.807) is 24.3 Å². The molecule has 0 saturated carbocycles. The van der Waals surface area contributed by atoms with E-state index in [2.05, 4.69) is 18.7 Å². The van der Waals surface area contributed by atoms with Crippen LogP contribution in [0, 0.1) is 0 Å². The number of aromatic hydroxyl groups is 2. The molecule has 2 N–H and O–H groups in total. The molecule has 1 aliphatic rings. The first-order valence-corrected chi connectivity index (χ1v) is 13.3. The molecule has 1 heterocycles. The molecule has 0 saturated heterocycles. The van der Waals surface area contributed by atoms with E-state index in [-0.39, 0.29) is 33.9 Å². The zero-order valence-corrected chi connectivity index (χ0v) is 22.2. The maximum absolute atomic E-state index is 14.6. The fourth-order valence-corrected chi connectivity index (χ4v) is 4.78. The molecule has 4 rings (SSSR count). The van der Waals surface area contributed by atoms with Crippen LogP contribution in [0.2, 0.25) is 0 Å². The summed E-state index contributed by atoms with van der Waals surface area (Å²) in [5.74, 6) is 0.316. The Labute approximate surface area is 227 Å². The molecule has 1 atom stereocenters. The number of nitrogens with zero attached hydrogens (tertiary/aromatic N) is 1. The molecule has 0 fully saturated rings. The van der Waals surface area contributed by atoms with Gasteiger partial charge >= 0.3 is 6.18 Å². The Hall–Kier alpha value is -3.65. The Morgan fingerprint density at radius 1 is 0.872 bits per heavy atom. The van der Waals surface area contributed by atoms with E-state index in [4.69, 9.17) is 9.47 Å². The lowest BCUT2D eigenvalue weighted by atomic mass is 9.85. The predicted octanol–water partition coefficient (Wildman–Crippen LogP) is 7.60. The van der Waals surface area contributed by atoms with Crippen molar-refractivity contribution >= 4 is 11.1 Å². The number of phenolic OH excluding ortho intramolecular Hbond substituents is 2. The highest BCUT2D eigenvalue weighted by Gasteiger charge is 2.44. The Morgan fingerprint density at radius 2 is 1.54 bits per heavy atom. The third-order valence-corrected chi connectivity index (χ3v) is 6.82. The summed E-state index contributed by atoms with van der Waals surface area (Å²) in [5, 5.41) is 19.7. The first-order valence-electron chi connectivity index (χ1n) is 13.3. The van der Waals surface area contributed by atoms with Crippen LogP contribution in [0.25, 0.3) is 11.1 Å². The van der Waals surface area contributed by atoms with Gasteiger partial charge in [-0.15, -0.1) is 0 Å². The minimum absolute atomic E-state index is 0.0552. The summed E-state index contributed by atoms with van der Waals surface area (Å²) in [7, 11) is 0. The van der Waals surface area contributed by atoms with Crippen LogP contribution in [0.4, 0.5) is 13.2 Å². The van der Waals surface area contributed by atoms with Gasteiger partial charge in [-0.1, -0.05) is 44.5 Å². The number of rotatable bonds is 11. The zero-order chi connectivity index (χ0) is 28.0. The second kappa shape index (κ2) is 12.5. The number of phenols is 2. The maximum atomic E-state index is 14.6. The zero-order valence-electron chi connectivity index (χ0n) is 22.2. The summed E-state index contributed by atoms with van der Waals surface area (Å²) >= 11 is 0. The van der Waals surface area contributed by atoms with Crippen LogP contribution >= 0.6 is 0 Å². The van der Waals surface area contributed by atoms with E-state index < -0.39 is 17.9 Å². The van der Waals surface area contributed by atoms with Gasteiger partial charge in [0.2, 0.25) is 0 Å². The summed E-state index contributed by atoms with van der Waals surface area (Å²) < 4.78 is 55.7. The quantitative estimate of drug-likeness (QED) is 0.245. The number of ether oxygens (including phenoxy) is 2. The lowest BCUT2D eigenvalue weighted by Gasteiger charge is -2.33. The van der Waals surface area contributed by atoms with E-state index in [0.717, 1.165) is 32.5 Å². The molecule has 3 aromatic rings. The van der Waals surface area contributed by atoms with Crippen LogP contribution in [0.15, 0.2) is 66.7 Å². The lowest BCUT2D eigenvalue weighted by Crippen LogP contribution is -2.26. The third kappa shape index (κ3) is 6.87. The highest BCUT2D eigenvalue weighted by atomic mass is 19.4. The minimum Gasteiger partial charge on any atom is -0.508 e. The third-order valence-electron chi connectivity index (χ3n) is 6.82. The van der Waals surface area contributed by atoms with Gasteiger partial charge in [0.1, 0.15) is 23.0 Å². The van der Waals surface area contributed by atoms with Crippen molar-refractivity contribution in [1.82, 2.24) is 4.90 Å². The number of fused-ring (bicyclic) bond motifs is 1. The van der Waals surface area contributed by atoms with Gasteiger partial charge in [-0.2, -0.15) is 13.2 Å². The number of alkyl halides is 3. The van der Waals surface area contributed by atoms with Crippen LogP contribution < -0.4 is 9.47 Å². The van der Waals surface area contributed by atoms with Crippen molar-refractivity contribution in [2.45, 2.75) is 45.4 Å². The van der Waals surface area contributed by atoms with Crippen molar-refractivity contribution in [2.75, 3.05) is 26.2 Å². The van der Waals surface area contributed by atoms with Gasteiger partial charge in [0.25, 0.3) is 0 Å². The summed E-state index contributed by atoms with van der Waals surface area (Å²) in [6.07, 6.45) is -2.61.